The molecule has 0 atom stereocenters. The zero-order chi connectivity index (χ0) is 20.0. The molecular formula is C20H22ClNO5. The SMILES string of the molecule is CCCOc1c(Cl)cc(C(=O)N(C)Cc2ccc(C(=O)O)cc2)cc1OC. The minimum Gasteiger partial charge on any atom is -0.493 e. The Hall–Kier alpha value is -2.73. The summed E-state index contributed by atoms with van der Waals surface area (Å²) in [6.07, 6.45) is 0.823. The highest BCUT2D eigenvalue weighted by Crippen LogP contribution is 2.36. The van der Waals surface area contributed by atoms with Crippen LogP contribution in [0.4, 0.5) is 0 Å². The zero-order valence-electron chi connectivity index (χ0n) is 15.5. The van der Waals surface area contributed by atoms with E-state index in [1.165, 1.54) is 24.1 Å². The summed E-state index contributed by atoms with van der Waals surface area (Å²) in [6.45, 7) is 2.80. The van der Waals surface area contributed by atoms with Crippen LogP contribution in [0, 0.1) is 0 Å². The first-order valence-corrected chi connectivity index (χ1v) is 8.83. The molecule has 0 fully saturated rings. The molecule has 0 aliphatic carbocycles. The quantitative estimate of drug-likeness (QED) is 0.732. The molecule has 2 rings (SSSR count). The van der Waals surface area contributed by atoms with E-state index < -0.39 is 5.97 Å². The summed E-state index contributed by atoms with van der Waals surface area (Å²) < 4.78 is 10.9. The van der Waals surface area contributed by atoms with Crippen LogP contribution >= 0.6 is 11.6 Å². The van der Waals surface area contributed by atoms with Crippen LogP contribution in [0.25, 0.3) is 0 Å². The Bertz CT molecular complexity index is 820. The number of methoxy groups -OCH3 is 1. The molecule has 2 aromatic rings. The fraction of sp³-hybridized carbons (Fsp3) is 0.300. The molecule has 1 amide bonds. The van der Waals surface area contributed by atoms with Gasteiger partial charge >= 0.3 is 5.97 Å². The Labute approximate surface area is 163 Å². The van der Waals surface area contributed by atoms with Crippen LogP contribution in [-0.4, -0.2) is 42.6 Å². The maximum atomic E-state index is 12.7. The molecule has 0 saturated carbocycles. The highest BCUT2D eigenvalue weighted by molar-refractivity contribution is 6.32. The molecule has 2 aromatic carbocycles. The van der Waals surface area contributed by atoms with E-state index >= 15 is 0 Å². The van der Waals surface area contributed by atoms with Crippen molar-refractivity contribution in [3.8, 4) is 11.5 Å². The maximum absolute atomic E-state index is 12.7. The van der Waals surface area contributed by atoms with Crippen LogP contribution in [-0.2, 0) is 6.54 Å². The van der Waals surface area contributed by atoms with Gasteiger partial charge in [-0.25, -0.2) is 4.79 Å². The summed E-state index contributed by atoms with van der Waals surface area (Å²) >= 11 is 6.27. The lowest BCUT2D eigenvalue weighted by Crippen LogP contribution is -2.26. The van der Waals surface area contributed by atoms with E-state index in [-0.39, 0.29) is 11.5 Å². The second-order valence-electron chi connectivity index (χ2n) is 6.00. The van der Waals surface area contributed by atoms with Crippen LogP contribution in [0.15, 0.2) is 36.4 Å². The number of hydrogen-bond donors (Lipinski definition) is 1. The second-order valence-corrected chi connectivity index (χ2v) is 6.41. The van der Waals surface area contributed by atoms with E-state index in [9.17, 15) is 9.59 Å². The van der Waals surface area contributed by atoms with Gasteiger partial charge in [0.1, 0.15) is 0 Å². The zero-order valence-corrected chi connectivity index (χ0v) is 16.2. The summed E-state index contributed by atoms with van der Waals surface area (Å²) in [5, 5.41) is 9.26. The highest BCUT2D eigenvalue weighted by Gasteiger charge is 2.18. The van der Waals surface area contributed by atoms with E-state index in [1.54, 1.807) is 31.3 Å². The molecule has 144 valence electrons. The average Bonchev–Trinajstić information content (AvgIpc) is 2.66. The monoisotopic (exact) mass is 391 g/mol. The lowest BCUT2D eigenvalue weighted by molar-refractivity contribution is 0.0695. The van der Waals surface area contributed by atoms with Crippen molar-refractivity contribution in [1.82, 2.24) is 4.90 Å². The van der Waals surface area contributed by atoms with E-state index in [0.717, 1.165) is 12.0 Å². The minimum atomic E-state index is -0.988. The molecule has 0 radical (unpaired) electrons. The number of carbonyl (C=O) groups is 2. The van der Waals surface area contributed by atoms with E-state index in [1.807, 2.05) is 6.92 Å². The van der Waals surface area contributed by atoms with Gasteiger partial charge < -0.3 is 19.5 Å². The predicted molar refractivity (Wildman–Crippen MR) is 103 cm³/mol. The minimum absolute atomic E-state index is 0.201. The van der Waals surface area contributed by atoms with Gasteiger partial charge in [-0.2, -0.15) is 0 Å². The maximum Gasteiger partial charge on any atom is 0.335 e. The largest absolute Gasteiger partial charge is 0.493 e. The number of halogens is 1. The van der Waals surface area contributed by atoms with Gasteiger partial charge in [-0.3, -0.25) is 4.79 Å². The van der Waals surface area contributed by atoms with Crippen LogP contribution < -0.4 is 9.47 Å². The lowest BCUT2D eigenvalue weighted by Gasteiger charge is -2.19. The van der Waals surface area contributed by atoms with E-state index in [2.05, 4.69) is 0 Å². The molecule has 0 aliphatic heterocycles. The van der Waals surface area contributed by atoms with Gasteiger partial charge in [0, 0.05) is 19.2 Å². The van der Waals surface area contributed by atoms with Crippen molar-refractivity contribution in [3.05, 3.63) is 58.1 Å². The fourth-order valence-corrected chi connectivity index (χ4v) is 2.77. The molecule has 6 nitrogen and oxygen atoms in total. The van der Waals surface area contributed by atoms with Gasteiger partial charge in [0.05, 0.1) is 24.3 Å². The topological polar surface area (TPSA) is 76.1 Å². The van der Waals surface area contributed by atoms with Crippen molar-refractivity contribution in [3.63, 3.8) is 0 Å². The van der Waals surface area contributed by atoms with Gasteiger partial charge in [0.2, 0.25) is 0 Å². The number of carbonyl (C=O) groups excluding carboxylic acids is 1. The molecule has 0 unspecified atom stereocenters. The average molecular weight is 392 g/mol. The highest BCUT2D eigenvalue weighted by atomic mass is 35.5. The number of carboxylic acid groups (broad SMARTS) is 1. The Morgan fingerprint density at radius 2 is 1.81 bits per heavy atom. The molecule has 0 aromatic heterocycles. The molecular weight excluding hydrogens is 370 g/mol. The number of rotatable bonds is 8. The third kappa shape index (κ3) is 5.14. The molecule has 0 bridgehead atoms. The number of benzene rings is 2. The Morgan fingerprint density at radius 3 is 2.37 bits per heavy atom. The van der Waals surface area contributed by atoms with Crippen LogP contribution in [0.2, 0.25) is 5.02 Å². The first-order chi connectivity index (χ1) is 12.9. The van der Waals surface area contributed by atoms with Crippen LogP contribution in [0.3, 0.4) is 0 Å². The summed E-state index contributed by atoms with van der Waals surface area (Å²) in [5.74, 6) is -0.402. The Balaban J connectivity index is 2.18. The second kappa shape index (κ2) is 9.28. The summed E-state index contributed by atoms with van der Waals surface area (Å²) in [6, 6.07) is 9.54. The molecule has 0 heterocycles. The van der Waals surface area contributed by atoms with Crippen LogP contribution in [0.5, 0.6) is 11.5 Å². The normalized spacial score (nSPS) is 10.4. The smallest absolute Gasteiger partial charge is 0.335 e. The fourth-order valence-electron chi connectivity index (χ4n) is 2.51. The van der Waals surface area contributed by atoms with Gasteiger partial charge in [0.25, 0.3) is 5.91 Å². The Kier molecular flexibility index (Phi) is 7.07. The molecule has 1 N–H and O–H groups in total. The van der Waals surface area contributed by atoms with Gasteiger partial charge in [0.15, 0.2) is 11.5 Å². The third-order valence-corrected chi connectivity index (χ3v) is 4.17. The van der Waals surface area contributed by atoms with Crippen molar-refractivity contribution in [1.29, 1.82) is 0 Å². The molecule has 7 heteroatoms. The van der Waals surface area contributed by atoms with Crippen molar-refractivity contribution < 1.29 is 24.2 Å². The molecule has 0 saturated heterocycles. The van der Waals surface area contributed by atoms with E-state index in [4.69, 9.17) is 26.2 Å². The van der Waals surface area contributed by atoms with E-state index in [0.29, 0.717) is 35.2 Å². The summed E-state index contributed by atoms with van der Waals surface area (Å²) in [4.78, 5) is 25.2. The first kappa shape index (κ1) is 20.6. The molecule has 0 spiro atoms. The Morgan fingerprint density at radius 1 is 1.15 bits per heavy atom. The van der Waals surface area contributed by atoms with Gasteiger partial charge in [-0.15, -0.1) is 0 Å². The van der Waals surface area contributed by atoms with Crippen molar-refractivity contribution in [2.75, 3.05) is 20.8 Å². The summed E-state index contributed by atoms with van der Waals surface area (Å²) in [5.41, 5.74) is 1.40. The third-order valence-electron chi connectivity index (χ3n) is 3.89. The van der Waals surface area contributed by atoms with Crippen molar-refractivity contribution >= 4 is 23.5 Å². The number of aromatic carboxylic acids is 1. The molecule has 0 aliphatic rings. The van der Waals surface area contributed by atoms with Crippen molar-refractivity contribution in [2.24, 2.45) is 0 Å². The number of hydrogen-bond acceptors (Lipinski definition) is 4. The summed E-state index contributed by atoms with van der Waals surface area (Å²) in [7, 11) is 3.15. The molecule has 27 heavy (non-hydrogen) atoms. The number of carboxylic acids is 1. The number of nitrogens with zero attached hydrogens (tertiary/aromatic N) is 1. The van der Waals surface area contributed by atoms with Crippen LogP contribution in [0.1, 0.15) is 39.6 Å². The number of ether oxygens (including phenoxy) is 2. The van der Waals surface area contributed by atoms with Gasteiger partial charge in [-0.05, 0) is 36.2 Å². The first-order valence-electron chi connectivity index (χ1n) is 8.45. The lowest BCUT2D eigenvalue weighted by atomic mass is 10.1. The van der Waals surface area contributed by atoms with Crippen molar-refractivity contribution in [2.45, 2.75) is 19.9 Å². The number of amides is 1. The van der Waals surface area contributed by atoms with Gasteiger partial charge in [-0.1, -0.05) is 30.7 Å². The predicted octanol–water partition coefficient (Wildman–Crippen LogP) is 4.11. The standard InChI is InChI=1S/C20H22ClNO5/c1-4-9-27-18-16(21)10-15(11-17(18)26-3)19(23)22(2)12-13-5-7-14(8-6-13)20(24)25/h5-8,10-11H,4,9,12H2,1-3H3,(H,24,25).